The van der Waals surface area contributed by atoms with Crippen LogP contribution in [0.2, 0.25) is 0 Å². The highest BCUT2D eigenvalue weighted by molar-refractivity contribution is 5.79. The Hall–Kier alpha value is -0.570. The molecule has 0 radical (unpaired) electrons. The Morgan fingerprint density at radius 2 is 1.62 bits per heavy atom. The van der Waals surface area contributed by atoms with E-state index in [0.29, 0.717) is 5.91 Å². The zero-order valence-electron chi connectivity index (χ0n) is 13.7. The average Bonchev–Trinajstić information content (AvgIpc) is 2.35. The topological polar surface area (TPSA) is 55.1 Å². The lowest BCUT2D eigenvalue weighted by Gasteiger charge is -2.57. The second-order valence-corrected chi connectivity index (χ2v) is 8.50. The van der Waals surface area contributed by atoms with Crippen molar-refractivity contribution in [3.63, 3.8) is 0 Å². The monoisotopic (exact) mass is 292 g/mol. The molecule has 4 bridgehead atoms. The van der Waals surface area contributed by atoms with E-state index in [1.54, 1.807) is 0 Å². The normalized spacial score (nSPS) is 40.0. The molecule has 4 saturated carbocycles. The van der Waals surface area contributed by atoms with Crippen LogP contribution in [0.15, 0.2) is 0 Å². The van der Waals surface area contributed by atoms with Gasteiger partial charge in [-0.2, -0.15) is 0 Å². The minimum absolute atomic E-state index is 0.136. The Morgan fingerprint density at radius 1 is 1.10 bits per heavy atom. The van der Waals surface area contributed by atoms with Gasteiger partial charge in [0, 0.05) is 17.5 Å². The van der Waals surface area contributed by atoms with Crippen LogP contribution in [-0.4, -0.2) is 17.5 Å². The number of carbonyl (C=O) groups excluding carboxylic acids is 1. The van der Waals surface area contributed by atoms with Crippen LogP contribution in [0.25, 0.3) is 0 Å². The van der Waals surface area contributed by atoms with Gasteiger partial charge in [-0.3, -0.25) is 4.79 Å². The second-order valence-electron chi connectivity index (χ2n) is 8.50. The number of hydrogen-bond acceptors (Lipinski definition) is 2. The summed E-state index contributed by atoms with van der Waals surface area (Å²) in [5.41, 5.74) is 5.96. The maximum absolute atomic E-state index is 12.6. The third kappa shape index (κ3) is 3.44. The molecule has 4 aliphatic carbocycles. The summed E-state index contributed by atoms with van der Waals surface area (Å²) in [5, 5.41) is 3.49. The van der Waals surface area contributed by atoms with Crippen LogP contribution in [0.3, 0.4) is 0 Å². The van der Waals surface area contributed by atoms with E-state index in [4.69, 9.17) is 5.73 Å². The van der Waals surface area contributed by atoms with E-state index in [9.17, 15) is 4.79 Å². The van der Waals surface area contributed by atoms with E-state index >= 15 is 0 Å². The van der Waals surface area contributed by atoms with E-state index in [1.165, 1.54) is 38.5 Å². The first kappa shape index (κ1) is 15.3. The number of carbonyl (C=O) groups is 1. The molecule has 3 N–H and O–H groups in total. The average molecular weight is 292 g/mol. The summed E-state index contributed by atoms with van der Waals surface area (Å²) < 4.78 is 0. The second kappa shape index (κ2) is 5.91. The molecular formula is C18H32N2O. The van der Waals surface area contributed by atoms with E-state index < -0.39 is 0 Å². The molecule has 4 fully saturated rings. The SMILES string of the molecule is CC(N)CCCC(C)C(=O)NC12CC3CC(CC(C3)C1)C2. The molecule has 2 atom stereocenters. The molecule has 120 valence electrons. The molecule has 4 rings (SSSR count). The third-order valence-corrected chi connectivity index (χ3v) is 6.17. The van der Waals surface area contributed by atoms with Crippen molar-refractivity contribution in [1.29, 1.82) is 0 Å². The lowest BCUT2D eigenvalue weighted by molar-refractivity contribution is -0.130. The molecule has 3 heteroatoms. The third-order valence-electron chi connectivity index (χ3n) is 6.17. The molecule has 0 aliphatic heterocycles. The Bertz CT molecular complexity index is 355. The standard InChI is InChI=1S/C18H32N2O/c1-12(4-3-5-13(2)19)17(21)20-18-9-14-6-15(10-18)8-16(7-14)11-18/h12-16H,3-11,19H2,1-2H3,(H,20,21). The van der Waals surface area contributed by atoms with Gasteiger partial charge in [0.2, 0.25) is 5.91 Å². The van der Waals surface area contributed by atoms with E-state index in [1.807, 2.05) is 6.92 Å². The lowest BCUT2D eigenvalue weighted by atomic mass is 9.53. The Balaban J connectivity index is 1.52. The van der Waals surface area contributed by atoms with Crippen molar-refractivity contribution in [2.24, 2.45) is 29.4 Å². The van der Waals surface area contributed by atoms with Gasteiger partial charge in [-0.15, -0.1) is 0 Å². The number of rotatable bonds is 6. The van der Waals surface area contributed by atoms with Crippen LogP contribution in [0, 0.1) is 23.7 Å². The number of nitrogens with one attached hydrogen (secondary N) is 1. The molecule has 0 aromatic heterocycles. The fourth-order valence-corrected chi connectivity index (χ4v) is 5.53. The Labute approximate surface area is 129 Å². The number of nitrogens with two attached hydrogens (primary N) is 1. The first-order chi connectivity index (χ1) is 9.96. The highest BCUT2D eigenvalue weighted by Crippen LogP contribution is 2.55. The highest BCUT2D eigenvalue weighted by atomic mass is 16.2. The van der Waals surface area contributed by atoms with Crippen molar-refractivity contribution in [1.82, 2.24) is 5.32 Å². The maximum atomic E-state index is 12.6. The molecule has 0 spiro atoms. The van der Waals surface area contributed by atoms with E-state index in [-0.39, 0.29) is 17.5 Å². The molecule has 0 saturated heterocycles. The summed E-state index contributed by atoms with van der Waals surface area (Å²) in [6.45, 7) is 4.12. The molecule has 4 aliphatic rings. The molecule has 21 heavy (non-hydrogen) atoms. The van der Waals surface area contributed by atoms with E-state index in [2.05, 4.69) is 12.2 Å². The summed E-state index contributed by atoms with van der Waals surface area (Å²) in [4.78, 5) is 12.6. The predicted molar refractivity (Wildman–Crippen MR) is 85.7 cm³/mol. The van der Waals surface area contributed by atoms with Crippen molar-refractivity contribution < 1.29 is 4.79 Å². The summed E-state index contributed by atoms with van der Waals surface area (Å²) >= 11 is 0. The molecule has 1 amide bonds. The fourth-order valence-electron chi connectivity index (χ4n) is 5.53. The number of amides is 1. The molecule has 0 aromatic rings. The van der Waals surface area contributed by atoms with Crippen LogP contribution in [-0.2, 0) is 4.79 Å². The van der Waals surface area contributed by atoms with Crippen LogP contribution in [0.4, 0.5) is 0 Å². The molecule has 0 heterocycles. The molecule has 3 nitrogen and oxygen atoms in total. The van der Waals surface area contributed by atoms with Gasteiger partial charge in [-0.1, -0.05) is 13.3 Å². The highest BCUT2D eigenvalue weighted by Gasteiger charge is 2.51. The zero-order chi connectivity index (χ0) is 15.0. The minimum Gasteiger partial charge on any atom is -0.350 e. The van der Waals surface area contributed by atoms with Crippen LogP contribution in [0.1, 0.15) is 71.6 Å². The van der Waals surface area contributed by atoms with Crippen molar-refractivity contribution in [3.8, 4) is 0 Å². The minimum atomic E-state index is 0.136. The summed E-state index contributed by atoms with van der Waals surface area (Å²) in [6, 6.07) is 0.253. The van der Waals surface area contributed by atoms with Gasteiger partial charge >= 0.3 is 0 Å². The molecule has 0 aromatic carbocycles. The Kier molecular flexibility index (Phi) is 4.31. The molecular weight excluding hydrogens is 260 g/mol. The van der Waals surface area contributed by atoms with Crippen molar-refractivity contribution in [2.45, 2.75) is 83.2 Å². The lowest BCUT2D eigenvalue weighted by Crippen LogP contribution is -2.60. The van der Waals surface area contributed by atoms with E-state index in [0.717, 1.165) is 37.0 Å². The quantitative estimate of drug-likeness (QED) is 0.789. The van der Waals surface area contributed by atoms with Gasteiger partial charge in [0.05, 0.1) is 0 Å². The zero-order valence-corrected chi connectivity index (χ0v) is 13.7. The van der Waals surface area contributed by atoms with Gasteiger partial charge in [-0.25, -0.2) is 0 Å². The Morgan fingerprint density at radius 3 is 2.10 bits per heavy atom. The van der Waals surface area contributed by atoms with Gasteiger partial charge in [0.1, 0.15) is 0 Å². The summed E-state index contributed by atoms with van der Waals surface area (Å²) in [5.74, 6) is 3.11. The largest absolute Gasteiger partial charge is 0.350 e. The molecule has 2 unspecified atom stereocenters. The summed E-state index contributed by atoms with van der Waals surface area (Å²) in [7, 11) is 0. The van der Waals surface area contributed by atoms with Gasteiger partial charge in [0.25, 0.3) is 0 Å². The van der Waals surface area contributed by atoms with Crippen molar-refractivity contribution in [2.75, 3.05) is 0 Å². The first-order valence-corrected chi connectivity index (χ1v) is 9.03. The first-order valence-electron chi connectivity index (χ1n) is 9.03. The fraction of sp³-hybridized carbons (Fsp3) is 0.944. The predicted octanol–water partition coefficient (Wildman–Crippen LogP) is 3.23. The van der Waals surface area contributed by atoms with Crippen molar-refractivity contribution >= 4 is 5.91 Å². The van der Waals surface area contributed by atoms with Crippen molar-refractivity contribution in [3.05, 3.63) is 0 Å². The smallest absolute Gasteiger partial charge is 0.223 e. The van der Waals surface area contributed by atoms with Gasteiger partial charge in [0.15, 0.2) is 0 Å². The van der Waals surface area contributed by atoms with Crippen LogP contribution >= 0.6 is 0 Å². The van der Waals surface area contributed by atoms with Gasteiger partial charge in [-0.05, 0) is 76.0 Å². The summed E-state index contributed by atoms with van der Waals surface area (Å²) in [6.07, 6.45) is 11.1. The van der Waals surface area contributed by atoms with Crippen LogP contribution in [0.5, 0.6) is 0 Å². The van der Waals surface area contributed by atoms with Crippen LogP contribution < -0.4 is 11.1 Å². The maximum Gasteiger partial charge on any atom is 0.223 e. The number of hydrogen-bond donors (Lipinski definition) is 2. The van der Waals surface area contributed by atoms with Gasteiger partial charge < -0.3 is 11.1 Å².